The van der Waals surface area contributed by atoms with Crippen LogP contribution in [0.5, 0.6) is 0 Å². The molecule has 0 spiro atoms. The average molecular weight is 1020 g/mol. The van der Waals surface area contributed by atoms with E-state index in [4.69, 9.17) is 24.8 Å². The van der Waals surface area contributed by atoms with E-state index in [9.17, 15) is 10.1 Å². The van der Waals surface area contributed by atoms with E-state index in [-0.39, 0.29) is 10.6 Å². The molecule has 14 aromatic rings. The van der Waals surface area contributed by atoms with Gasteiger partial charge >= 0.3 is 0 Å². The first-order valence-corrected chi connectivity index (χ1v) is 25.4. The number of anilines is 1. The lowest BCUT2D eigenvalue weighted by Crippen LogP contribution is -2.38. The highest BCUT2D eigenvalue weighted by atomic mass is 16.6. The van der Waals surface area contributed by atoms with Crippen LogP contribution in [0.15, 0.2) is 276 Å². The number of hydrogen-bond donors (Lipinski definition) is 1. The third-order valence-corrected chi connectivity index (χ3v) is 14.5. The monoisotopic (exact) mass is 1010 g/mol. The van der Waals surface area contributed by atoms with E-state index in [0.717, 1.165) is 71.8 Å². The molecule has 0 atom stereocenters. The average Bonchev–Trinajstić information content (AvgIpc) is 4.34. The van der Waals surface area contributed by atoms with E-state index >= 15 is 0 Å². The Morgan fingerprint density at radius 1 is 0.423 bits per heavy atom. The van der Waals surface area contributed by atoms with Crippen LogP contribution in [-0.2, 0) is 11.1 Å². The first-order chi connectivity index (χ1) is 38.4. The lowest BCUT2D eigenvalue weighted by atomic mass is 9.77. The maximum atomic E-state index is 11.8. The van der Waals surface area contributed by atoms with Gasteiger partial charge in [0.05, 0.1) is 16.0 Å². The van der Waals surface area contributed by atoms with Gasteiger partial charge in [0, 0.05) is 64.2 Å². The van der Waals surface area contributed by atoms with Crippen molar-refractivity contribution >= 4 is 55.1 Å². The Hall–Kier alpha value is -10.7. The van der Waals surface area contributed by atoms with Crippen molar-refractivity contribution in [1.29, 1.82) is 0 Å². The Balaban J connectivity index is 0.000000149. The number of nitro benzene ring substituents is 1. The molecular formula is C66H46N8O4. The molecule has 12 heteroatoms. The molecule has 2 N–H and O–H groups in total. The van der Waals surface area contributed by atoms with E-state index in [1.807, 2.05) is 108 Å². The van der Waals surface area contributed by atoms with Gasteiger partial charge in [-0.1, -0.05) is 182 Å². The molecule has 0 aliphatic heterocycles. The highest BCUT2D eigenvalue weighted by Crippen LogP contribution is 2.47. The summed E-state index contributed by atoms with van der Waals surface area (Å²) in [7, 11) is 0. The Labute approximate surface area is 447 Å². The molecule has 8 aromatic carbocycles. The molecule has 12 nitrogen and oxygen atoms in total. The van der Waals surface area contributed by atoms with Crippen LogP contribution >= 0.6 is 0 Å². The predicted molar refractivity (Wildman–Crippen MR) is 306 cm³/mol. The summed E-state index contributed by atoms with van der Waals surface area (Å²) in [6.45, 7) is 0. The third kappa shape index (κ3) is 7.86. The molecule has 0 radical (unpaired) electrons. The van der Waals surface area contributed by atoms with Crippen LogP contribution in [0.4, 0.5) is 11.4 Å². The predicted octanol–water partition coefficient (Wildman–Crippen LogP) is 14.9. The second-order valence-electron chi connectivity index (χ2n) is 18.9. The van der Waals surface area contributed by atoms with Gasteiger partial charge in [-0.15, -0.1) is 0 Å². The number of furan rings is 2. The van der Waals surface area contributed by atoms with Gasteiger partial charge in [0.1, 0.15) is 33.6 Å². The zero-order valence-electron chi connectivity index (χ0n) is 41.7. The van der Waals surface area contributed by atoms with Crippen LogP contribution in [0, 0.1) is 10.1 Å². The number of non-ortho nitro benzene ring substituents is 1. The lowest BCUT2D eigenvalue weighted by Gasteiger charge is -2.37. The topological polar surface area (TPSA) is 157 Å². The molecular weight excluding hydrogens is 969 g/mol. The highest BCUT2D eigenvalue weighted by molar-refractivity contribution is 5.98. The Morgan fingerprint density at radius 3 is 1.12 bits per heavy atom. The summed E-state index contributed by atoms with van der Waals surface area (Å²) in [4.78, 5) is 19.9. The molecule has 6 heterocycles. The SMILES string of the molecule is Nc1ccc2c(c1)c(-c1cc3cnccc3o1)nn2C(c1ccccc1)(c1ccccc1)c1ccccc1.O=[N+]([O-])c1ccc2c(c1)c(-c1cc3cnccc3o1)nn2C(c1ccccc1)(c1ccccc1)c1ccccc1. The summed E-state index contributed by atoms with van der Waals surface area (Å²) in [5, 5.41) is 25.7. The number of nitrogen functional groups attached to an aromatic ring is 1. The van der Waals surface area contributed by atoms with Gasteiger partial charge in [0.25, 0.3) is 5.69 Å². The maximum Gasteiger partial charge on any atom is 0.270 e. The number of hydrogen-bond acceptors (Lipinski definition) is 9. The van der Waals surface area contributed by atoms with Crippen LogP contribution in [-0.4, -0.2) is 34.5 Å². The number of pyridine rings is 2. The van der Waals surface area contributed by atoms with Crippen molar-refractivity contribution in [2.24, 2.45) is 0 Å². The first kappa shape index (κ1) is 47.0. The summed E-state index contributed by atoms with van der Waals surface area (Å²) in [6.07, 6.45) is 6.93. The van der Waals surface area contributed by atoms with Crippen molar-refractivity contribution in [2.75, 3.05) is 5.73 Å². The lowest BCUT2D eigenvalue weighted by molar-refractivity contribution is -0.384. The molecule has 0 fully saturated rings. The van der Waals surface area contributed by atoms with E-state index < -0.39 is 11.1 Å². The van der Waals surface area contributed by atoms with Crippen LogP contribution in [0.1, 0.15) is 33.4 Å². The van der Waals surface area contributed by atoms with Crippen molar-refractivity contribution < 1.29 is 13.8 Å². The number of benzene rings is 8. The fourth-order valence-corrected chi connectivity index (χ4v) is 11.0. The van der Waals surface area contributed by atoms with Crippen LogP contribution in [0.2, 0.25) is 0 Å². The summed E-state index contributed by atoms with van der Waals surface area (Å²) in [5.41, 5.74) is 15.9. The number of aromatic nitrogens is 6. The second-order valence-corrected chi connectivity index (χ2v) is 18.9. The van der Waals surface area contributed by atoms with Crippen LogP contribution in [0.25, 0.3) is 66.7 Å². The molecule has 0 aliphatic carbocycles. The Morgan fingerprint density at radius 2 is 0.769 bits per heavy atom. The largest absolute Gasteiger partial charge is 0.454 e. The maximum absolute atomic E-state index is 11.8. The van der Waals surface area contributed by atoms with E-state index in [1.165, 1.54) is 6.07 Å². The number of fused-ring (bicyclic) bond motifs is 4. The fraction of sp³-hybridized carbons (Fsp3) is 0.0303. The van der Waals surface area contributed by atoms with Gasteiger partial charge in [0.15, 0.2) is 11.5 Å². The molecule has 78 heavy (non-hydrogen) atoms. The summed E-state index contributed by atoms with van der Waals surface area (Å²) in [5.74, 6) is 1.18. The van der Waals surface area contributed by atoms with Gasteiger partial charge in [-0.25, -0.2) is 9.36 Å². The molecule has 0 saturated carbocycles. The summed E-state index contributed by atoms with van der Waals surface area (Å²) in [6, 6.07) is 80.5. The molecule has 0 bridgehead atoms. The molecule has 0 amide bonds. The first-order valence-electron chi connectivity index (χ1n) is 25.4. The van der Waals surface area contributed by atoms with Gasteiger partial charge in [-0.05, 0) is 81.9 Å². The minimum atomic E-state index is -0.899. The third-order valence-electron chi connectivity index (χ3n) is 14.5. The summed E-state index contributed by atoms with van der Waals surface area (Å²) >= 11 is 0. The van der Waals surface area contributed by atoms with E-state index in [0.29, 0.717) is 33.9 Å². The molecule has 14 rings (SSSR count). The number of nitrogens with zero attached hydrogens (tertiary/aromatic N) is 7. The van der Waals surface area contributed by atoms with Gasteiger partial charge in [-0.2, -0.15) is 10.2 Å². The second kappa shape index (κ2) is 19.5. The zero-order valence-corrected chi connectivity index (χ0v) is 41.7. The normalized spacial score (nSPS) is 11.7. The molecule has 0 saturated heterocycles. The van der Waals surface area contributed by atoms with Crippen LogP contribution < -0.4 is 5.73 Å². The fourth-order valence-electron chi connectivity index (χ4n) is 11.0. The van der Waals surface area contributed by atoms with Crippen molar-refractivity contribution in [1.82, 2.24) is 29.5 Å². The standard InChI is InChI=1S/C33H22N4O3.C33H24N4O/c38-37(39)27-16-17-29-28(21-27)32(31-20-23-22-34-19-18-30(23)40-31)35-36(29)33(24-10-4-1-5-11-24,25-12-6-2-7-13-25)26-14-8-3-9-15-26;34-27-16-17-29-28(21-27)32(31-20-23-22-35-19-18-30(23)38-31)36-37(29)33(24-10-4-1-5-11-24,25-12-6-2-7-13-25)26-14-8-3-9-15-26/h1-22H;1-22H,34H2. The van der Waals surface area contributed by atoms with Crippen molar-refractivity contribution in [3.63, 3.8) is 0 Å². The van der Waals surface area contributed by atoms with Gasteiger partial charge < -0.3 is 14.6 Å². The number of nitro groups is 1. The minimum absolute atomic E-state index is 0.0178. The quantitative estimate of drug-likeness (QED) is 0.0576. The van der Waals surface area contributed by atoms with Crippen molar-refractivity contribution in [2.45, 2.75) is 11.1 Å². The van der Waals surface area contributed by atoms with E-state index in [2.05, 4.69) is 130 Å². The zero-order chi connectivity index (χ0) is 52.6. The van der Waals surface area contributed by atoms with Gasteiger partial charge in [-0.3, -0.25) is 20.1 Å². The van der Waals surface area contributed by atoms with Crippen molar-refractivity contribution in [3.8, 4) is 22.9 Å². The number of nitrogens with two attached hydrogens (primary N) is 1. The summed E-state index contributed by atoms with van der Waals surface area (Å²) < 4.78 is 16.6. The van der Waals surface area contributed by atoms with Crippen molar-refractivity contribution in [3.05, 3.63) is 311 Å². The molecule has 0 unspecified atom stereocenters. The molecule has 6 aromatic heterocycles. The number of rotatable bonds is 11. The smallest absolute Gasteiger partial charge is 0.270 e. The highest BCUT2D eigenvalue weighted by Gasteiger charge is 2.43. The Bertz CT molecular complexity index is 4170. The van der Waals surface area contributed by atoms with Crippen LogP contribution in [0.3, 0.4) is 0 Å². The van der Waals surface area contributed by atoms with Gasteiger partial charge in [0.2, 0.25) is 0 Å². The molecule has 0 aliphatic rings. The minimum Gasteiger partial charge on any atom is -0.454 e. The van der Waals surface area contributed by atoms with E-state index in [1.54, 1.807) is 43.0 Å². The Kier molecular flexibility index (Phi) is 11.8. The molecule has 374 valence electrons.